The minimum absolute atomic E-state index is 0.165. The van der Waals surface area contributed by atoms with Gasteiger partial charge in [0, 0.05) is 30.0 Å². The number of pyridine rings is 1. The van der Waals surface area contributed by atoms with Crippen LogP contribution in [0, 0.1) is 6.92 Å². The number of rotatable bonds is 6. The Bertz CT molecular complexity index is 1370. The first-order chi connectivity index (χ1) is 16.6. The SMILES string of the molecule is Cc1ccc(NC(=O)c2cc(C(C)(C)C)nn2C)cc1NC(=O)c1cnc(Nc2ccccn2)s1. The Morgan fingerprint density at radius 3 is 2.49 bits per heavy atom. The maximum absolute atomic E-state index is 12.9. The summed E-state index contributed by atoms with van der Waals surface area (Å²) in [6.45, 7) is 8.03. The van der Waals surface area contributed by atoms with E-state index in [1.807, 2.05) is 52.0 Å². The molecule has 0 saturated heterocycles. The topological polar surface area (TPSA) is 114 Å². The monoisotopic (exact) mass is 489 g/mol. The van der Waals surface area contributed by atoms with Gasteiger partial charge >= 0.3 is 0 Å². The molecule has 10 heteroatoms. The highest BCUT2D eigenvalue weighted by Crippen LogP contribution is 2.26. The fourth-order valence-electron chi connectivity index (χ4n) is 3.24. The number of thiazole rings is 1. The van der Waals surface area contributed by atoms with Crippen molar-refractivity contribution in [1.82, 2.24) is 19.7 Å². The van der Waals surface area contributed by atoms with Gasteiger partial charge in [0.25, 0.3) is 11.8 Å². The van der Waals surface area contributed by atoms with Crippen LogP contribution >= 0.6 is 11.3 Å². The van der Waals surface area contributed by atoms with E-state index in [9.17, 15) is 9.59 Å². The lowest BCUT2D eigenvalue weighted by atomic mass is 9.92. The number of nitrogens with one attached hydrogen (secondary N) is 3. The number of nitrogens with zero attached hydrogens (tertiary/aromatic N) is 4. The summed E-state index contributed by atoms with van der Waals surface area (Å²) in [6, 6.07) is 12.7. The molecule has 1 aromatic carbocycles. The molecule has 35 heavy (non-hydrogen) atoms. The molecule has 180 valence electrons. The van der Waals surface area contributed by atoms with Gasteiger partial charge < -0.3 is 16.0 Å². The molecular formula is C25H27N7O2S. The van der Waals surface area contributed by atoms with E-state index in [2.05, 4.69) is 31.0 Å². The molecule has 2 amide bonds. The number of carbonyl (C=O) groups excluding carboxylic acids is 2. The van der Waals surface area contributed by atoms with Crippen molar-refractivity contribution in [3.63, 3.8) is 0 Å². The van der Waals surface area contributed by atoms with E-state index < -0.39 is 0 Å². The molecule has 0 atom stereocenters. The third-order valence-electron chi connectivity index (χ3n) is 5.25. The molecule has 0 radical (unpaired) electrons. The molecule has 0 spiro atoms. The summed E-state index contributed by atoms with van der Waals surface area (Å²) in [4.78, 5) is 34.6. The van der Waals surface area contributed by atoms with Gasteiger partial charge in [0.15, 0.2) is 5.13 Å². The van der Waals surface area contributed by atoms with Gasteiger partial charge in [0.05, 0.1) is 11.9 Å². The summed E-state index contributed by atoms with van der Waals surface area (Å²) < 4.78 is 1.58. The van der Waals surface area contributed by atoms with Gasteiger partial charge in [-0.1, -0.05) is 44.2 Å². The molecule has 3 heterocycles. The molecule has 4 rings (SSSR count). The Labute approximate surface area is 207 Å². The highest BCUT2D eigenvalue weighted by molar-refractivity contribution is 7.17. The Kier molecular flexibility index (Phi) is 6.65. The number of aryl methyl sites for hydroxylation is 2. The number of carbonyl (C=O) groups is 2. The molecular weight excluding hydrogens is 462 g/mol. The number of benzene rings is 1. The Morgan fingerprint density at radius 2 is 1.80 bits per heavy atom. The van der Waals surface area contributed by atoms with E-state index in [1.54, 1.807) is 36.1 Å². The lowest BCUT2D eigenvalue weighted by molar-refractivity contribution is 0.101. The maximum Gasteiger partial charge on any atom is 0.273 e. The zero-order chi connectivity index (χ0) is 25.2. The zero-order valence-electron chi connectivity index (χ0n) is 20.2. The predicted molar refractivity (Wildman–Crippen MR) is 139 cm³/mol. The van der Waals surface area contributed by atoms with Gasteiger partial charge in [0.1, 0.15) is 16.4 Å². The molecule has 0 bridgehead atoms. The molecule has 0 aliphatic carbocycles. The summed E-state index contributed by atoms with van der Waals surface area (Å²) in [5.74, 6) is 0.0880. The van der Waals surface area contributed by atoms with Crippen LogP contribution in [0.2, 0.25) is 0 Å². The average Bonchev–Trinajstić information content (AvgIpc) is 3.43. The average molecular weight is 490 g/mol. The van der Waals surface area contributed by atoms with Crippen LogP contribution in [-0.2, 0) is 12.5 Å². The predicted octanol–water partition coefficient (Wildman–Crippen LogP) is 5.13. The number of anilines is 4. The smallest absolute Gasteiger partial charge is 0.273 e. The third kappa shape index (κ3) is 5.72. The minimum Gasteiger partial charge on any atom is -0.321 e. The molecule has 0 aliphatic heterocycles. The first kappa shape index (κ1) is 24.1. The number of hydrogen-bond acceptors (Lipinski definition) is 7. The van der Waals surface area contributed by atoms with E-state index in [0.717, 1.165) is 11.3 Å². The largest absolute Gasteiger partial charge is 0.321 e. The Morgan fingerprint density at radius 1 is 1.00 bits per heavy atom. The summed E-state index contributed by atoms with van der Waals surface area (Å²) in [7, 11) is 1.75. The zero-order valence-corrected chi connectivity index (χ0v) is 21.0. The van der Waals surface area contributed by atoms with Crippen LogP contribution in [0.25, 0.3) is 0 Å². The molecule has 0 unspecified atom stereocenters. The van der Waals surface area contributed by atoms with Crippen molar-refractivity contribution in [1.29, 1.82) is 0 Å². The van der Waals surface area contributed by atoms with E-state index in [-0.39, 0.29) is 17.2 Å². The maximum atomic E-state index is 12.9. The second-order valence-corrected chi connectivity index (χ2v) is 10.1. The number of amides is 2. The number of aromatic nitrogens is 4. The molecule has 0 fully saturated rings. The summed E-state index contributed by atoms with van der Waals surface area (Å²) >= 11 is 1.23. The van der Waals surface area contributed by atoms with E-state index in [1.165, 1.54) is 17.5 Å². The van der Waals surface area contributed by atoms with E-state index in [4.69, 9.17) is 0 Å². The fourth-order valence-corrected chi connectivity index (χ4v) is 3.96. The Balaban J connectivity index is 1.46. The van der Waals surface area contributed by atoms with Gasteiger partial charge in [-0.15, -0.1) is 0 Å². The van der Waals surface area contributed by atoms with Crippen molar-refractivity contribution < 1.29 is 9.59 Å². The molecule has 0 saturated carbocycles. The highest BCUT2D eigenvalue weighted by atomic mass is 32.1. The van der Waals surface area contributed by atoms with Crippen LogP contribution in [0.3, 0.4) is 0 Å². The van der Waals surface area contributed by atoms with Crippen molar-refractivity contribution >= 4 is 45.5 Å². The molecule has 0 aliphatic rings. The van der Waals surface area contributed by atoms with Crippen molar-refractivity contribution in [2.75, 3.05) is 16.0 Å². The van der Waals surface area contributed by atoms with Gasteiger partial charge in [-0.25, -0.2) is 9.97 Å². The first-order valence-electron chi connectivity index (χ1n) is 11.0. The summed E-state index contributed by atoms with van der Waals surface area (Å²) in [5, 5.41) is 13.9. The highest BCUT2D eigenvalue weighted by Gasteiger charge is 2.22. The summed E-state index contributed by atoms with van der Waals surface area (Å²) in [6.07, 6.45) is 3.19. The minimum atomic E-state index is -0.287. The van der Waals surface area contributed by atoms with Crippen molar-refractivity contribution in [3.05, 3.63) is 76.7 Å². The lowest BCUT2D eigenvalue weighted by Gasteiger charge is -2.13. The molecule has 3 N–H and O–H groups in total. The van der Waals surface area contributed by atoms with Crippen molar-refractivity contribution in [3.8, 4) is 0 Å². The molecule has 3 aromatic heterocycles. The normalized spacial score (nSPS) is 11.2. The standard InChI is InChI=1S/C25H27N7O2S/c1-15-9-10-16(28-22(33)18-13-20(25(2,3)4)31-32(18)5)12-17(15)29-23(34)19-14-27-24(35-19)30-21-8-6-7-11-26-21/h6-14H,1-5H3,(H,28,33)(H,29,34)(H,26,27,30). The third-order valence-corrected chi connectivity index (χ3v) is 6.17. The van der Waals surface area contributed by atoms with Gasteiger partial charge in [-0.3, -0.25) is 14.3 Å². The van der Waals surface area contributed by atoms with Crippen LogP contribution in [0.1, 0.15) is 52.2 Å². The fraction of sp³-hybridized carbons (Fsp3) is 0.240. The van der Waals surface area contributed by atoms with Gasteiger partial charge in [-0.05, 0) is 42.8 Å². The van der Waals surface area contributed by atoms with Gasteiger partial charge in [-0.2, -0.15) is 5.10 Å². The lowest BCUT2D eigenvalue weighted by Crippen LogP contribution is -2.17. The number of hydrogen-bond donors (Lipinski definition) is 3. The van der Waals surface area contributed by atoms with Crippen molar-refractivity contribution in [2.24, 2.45) is 7.05 Å². The molecule has 4 aromatic rings. The molecule has 9 nitrogen and oxygen atoms in total. The van der Waals surface area contributed by atoms with Crippen LogP contribution < -0.4 is 16.0 Å². The van der Waals surface area contributed by atoms with E-state index >= 15 is 0 Å². The second kappa shape index (κ2) is 9.67. The van der Waals surface area contributed by atoms with Gasteiger partial charge in [0.2, 0.25) is 0 Å². The Hall–Kier alpha value is -4.05. The van der Waals surface area contributed by atoms with Crippen molar-refractivity contribution in [2.45, 2.75) is 33.1 Å². The second-order valence-electron chi connectivity index (χ2n) is 9.10. The first-order valence-corrected chi connectivity index (χ1v) is 11.8. The van der Waals surface area contributed by atoms with E-state index in [0.29, 0.717) is 32.9 Å². The summed E-state index contributed by atoms with van der Waals surface area (Å²) in [5.41, 5.74) is 3.16. The quantitative estimate of drug-likeness (QED) is 0.346. The van der Waals surface area contributed by atoms with Crippen LogP contribution in [0.5, 0.6) is 0 Å². The van der Waals surface area contributed by atoms with Crippen LogP contribution in [0.15, 0.2) is 54.9 Å². The van der Waals surface area contributed by atoms with Crippen LogP contribution in [-0.4, -0.2) is 31.6 Å². The van der Waals surface area contributed by atoms with Crippen LogP contribution in [0.4, 0.5) is 22.3 Å².